The van der Waals surface area contributed by atoms with Crippen LogP contribution in [0.15, 0.2) is 11.1 Å². The number of amides is 1. The van der Waals surface area contributed by atoms with Crippen LogP contribution in [0.1, 0.15) is 55.4 Å². The molecule has 27 heavy (non-hydrogen) atoms. The lowest BCUT2D eigenvalue weighted by molar-refractivity contribution is -0.127. The second-order valence-corrected chi connectivity index (χ2v) is 10.5. The van der Waals surface area contributed by atoms with Gasteiger partial charge in [0.2, 0.25) is 5.91 Å². The predicted octanol–water partition coefficient (Wildman–Crippen LogP) is 3.03. The lowest BCUT2D eigenvalue weighted by atomic mass is 9.53. The fraction of sp³-hybridized carbons (Fsp3) is 0.667. The van der Waals surface area contributed by atoms with Gasteiger partial charge in [-0.2, -0.15) is 0 Å². The first kappa shape index (κ1) is 16.3. The minimum Gasteiger partial charge on any atom is -0.349 e. The predicted molar refractivity (Wildman–Crippen MR) is 105 cm³/mol. The highest BCUT2D eigenvalue weighted by Crippen LogP contribution is 2.55. The molecule has 0 aromatic carbocycles. The molecule has 5 aliphatic carbocycles. The van der Waals surface area contributed by atoms with E-state index in [0.717, 1.165) is 66.5 Å². The van der Waals surface area contributed by atoms with Crippen molar-refractivity contribution in [1.82, 2.24) is 14.9 Å². The molecule has 1 N–H and O–H groups in total. The van der Waals surface area contributed by atoms with E-state index in [-0.39, 0.29) is 23.6 Å². The number of carbonyl (C=O) groups is 1. The van der Waals surface area contributed by atoms with Crippen LogP contribution in [0.4, 0.5) is 0 Å². The van der Waals surface area contributed by atoms with E-state index in [1.807, 2.05) is 0 Å². The summed E-state index contributed by atoms with van der Waals surface area (Å²) >= 11 is 1.65. The number of hydrogen-bond acceptors (Lipinski definition) is 4. The Morgan fingerprint density at radius 3 is 2.59 bits per heavy atom. The number of thiophene rings is 1. The van der Waals surface area contributed by atoms with E-state index in [0.29, 0.717) is 0 Å². The third-order valence-corrected chi connectivity index (χ3v) is 8.65. The van der Waals surface area contributed by atoms with Crippen molar-refractivity contribution < 1.29 is 4.79 Å². The molecule has 5 nitrogen and oxygen atoms in total. The highest BCUT2D eigenvalue weighted by molar-refractivity contribution is 7.18. The summed E-state index contributed by atoms with van der Waals surface area (Å²) in [5.74, 6) is 2.37. The SMILES string of the molecule is O=C(Cn1cnc2sc3c(c2c1=O)CCC3)NC12CC3CC(CC(C3)C1)C2. The minimum absolute atomic E-state index is 0.00337. The van der Waals surface area contributed by atoms with Crippen LogP contribution in [0.2, 0.25) is 0 Å². The molecule has 2 aromatic heterocycles. The Balaban J connectivity index is 1.26. The maximum Gasteiger partial charge on any atom is 0.262 e. The van der Waals surface area contributed by atoms with Gasteiger partial charge in [-0.05, 0) is 81.1 Å². The van der Waals surface area contributed by atoms with Crippen molar-refractivity contribution in [1.29, 1.82) is 0 Å². The molecule has 0 unspecified atom stereocenters. The first-order chi connectivity index (χ1) is 13.1. The number of nitrogens with zero attached hydrogens (tertiary/aromatic N) is 2. The summed E-state index contributed by atoms with van der Waals surface area (Å²) in [7, 11) is 0. The molecule has 4 bridgehead atoms. The van der Waals surface area contributed by atoms with E-state index < -0.39 is 0 Å². The van der Waals surface area contributed by atoms with Crippen molar-refractivity contribution in [2.45, 2.75) is 69.9 Å². The van der Waals surface area contributed by atoms with Crippen molar-refractivity contribution in [3.8, 4) is 0 Å². The van der Waals surface area contributed by atoms with Crippen LogP contribution in [-0.4, -0.2) is 21.0 Å². The Hall–Kier alpha value is -1.69. The van der Waals surface area contributed by atoms with Gasteiger partial charge in [0.1, 0.15) is 11.4 Å². The molecule has 1 amide bonds. The molecule has 0 atom stereocenters. The smallest absolute Gasteiger partial charge is 0.262 e. The third-order valence-electron chi connectivity index (χ3n) is 7.45. The average Bonchev–Trinajstić information content (AvgIpc) is 3.16. The van der Waals surface area contributed by atoms with Crippen molar-refractivity contribution in [3.05, 3.63) is 27.1 Å². The minimum atomic E-state index is -0.0416. The first-order valence-electron chi connectivity index (χ1n) is 10.4. The molecule has 4 saturated carbocycles. The molecule has 142 valence electrons. The zero-order chi connectivity index (χ0) is 18.2. The monoisotopic (exact) mass is 383 g/mol. The fourth-order valence-electron chi connectivity index (χ4n) is 6.89. The number of aryl methyl sites for hydroxylation is 2. The van der Waals surface area contributed by atoms with Gasteiger partial charge in [-0.3, -0.25) is 14.2 Å². The molecule has 0 spiro atoms. The quantitative estimate of drug-likeness (QED) is 0.886. The Bertz CT molecular complexity index is 969. The van der Waals surface area contributed by atoms with Gasteiger partial charge >= 0.3 is 0 Å². The normalized spacial score (nSPS) is 33.6. The standard InChI is InChI=1S/C21H25N3O2S/c25-17(23-21-7-12-4-13(8-21)6-14(5-12)9-21)10-24-11-22-19-18(20(24)26)15-2-1-3-16(15)27-19/h11-14H,1-10H2,(H,23,25). The van der Waals surface area contributed by atoms with Gasteiger partial charge in [0, 0.05) is 10.4 Å². The Labute approximate surface area is 162 Å². The molecule has 6 heteroatoms. The van der Waals surface area contributed by atoms with Gasteiger partial charge in [0.05, 0.1) is 11.7 Å². The van der Waals surface area contributed by atoms with E-state index in [1.165, 1.54) is 34.3 Å². The zero-order valence-electron chi connectivity index (χ0n) is 15.5. The van der Waals surface area contributed by atoms with Gasteiger partial charge in [0.15, 0.2) is 0 Å². The van der Waals surface area contributed by atoms with Crippen LogP contribution < -0.4 is 10.9 Å². The van der Waals surface area contributed by atoms with Crippen LogP contribution in [0.5, 0.6) is 0 Å². The molecular formula is C21H25N3O2S. The molecule has 0 radical (unpaired) electrons. The fourth-order valence-corrected chi connectivity index (χ4v) is 8.11. The lowest BCUT2D eigenvalue weighted by Gasteiger charge is -2.56. The Morgan fingerprint density at radius 2 is 1.89 bits per heavy atom. The Kier molecular flexibility index (Phi) is 3.41. The summed E-state index contributed by atoms with van der Waals surface area (Å²) in [6.45, 7) is 0.0914. The zero-order valence-corrected chi connectivity index (χ0v) is 16.3. The summed E-state index contributed by atoms with van der Waals surface area (Å²) in [4.78, 5) is 32.5. The van der Waals surface area contributed by atoms with Crippen LogP contribution >= 0.6 is 11.3 Å². The number of nitrogens with one attached hydrogen (secondary N) is 1. The molecular weight excluding hydrogens is 358 g/mol. The Morgan fingerprint density at radius 1 is 1.19 bits per heavy atom. The van der Waals surface area contributed by atoms with Crippen LogP contribution in [0.25, 0.3) is 10.2 Å². The van der Waals surface area contributed by atoms with Gasteiger partial charge in [-0.15, -0.1) is 11.3 Å². The van der Waals surface area contributed by atoms with Crippen LogP contribution in [-0.2, 0) is 24.2 Å². The number of rotatable bonds is 3. The van der Waals surface area contributed by atoms with Gasteiger partial charge < -0.3 is 5.32 Å². The molecule has 5 aliphatic rings. The second kappa shape index (κ2) is 5.66. The average molecular weight is 384 g/mol. The highest BCUT2D eigenvalue weighted by atomic mass is 32.1. The third kappa shape index (κ3) is 2.52. The second-order valence-electron chi connectivity index (χ2n) is 9.46. The molecule has 2 heterocycles. The van der Waals surface area contributed by atoms with E-state index in [9.17, 15) is 9.59 Å². The van der Waals surface area contributed by atoms with Crippen molar-refractivity contribution >= 4 is 27.5 Å². The molecule has 2 aromatic rings. The van der Waals surface area contributed by atoms with Gasteiger partial charge in [-0.25, -0.2) is 4.98 Å². The summed E-state index contributed by atoms with van der Waals surface area (Å²) in [5, 5.41) is 4.13. The number of hydrogen-bond donors (Lipinski definition) is 1. The summed E-state index contributed by atoms with van der Waals surface area (Å²) in [5.41, 5.74) is 1.14. The maximum absolute atomic E-state index is 13.0. The summed E-state index contributed by atoms with van der Waals surface area (Å²) in [6, 6.07) is 0. The van der Waals surface area contributed by atoms with Crippen molar-refractivity contribution in [2.24, 2.45) is 17.8 Å². The lowest BCUT2D eigenvalue weighted by Crippen LogP contribution is -2.60. The van der Waals surface area contributed by atoms with Gasteiger partial charge in [-0.1, -0.05) is 0 Å². The number of carbonyl (C=O) groups excluding carboxylic acids is 1. The highest BCUT2D eigenvalue weighted by Gasteiger charge is 2.51. The largest absolute Gasteiger partial charge is 0.349 e. The topological polar surface area (TPSA) is 64.0 Å². The van der Waals surface area contributed by atoms with Crippen molar-refractivity contribution in [3.63, 3.8) is 0 Å². The van der Waals surface area contributed by atoms with Gasteiger partial charge in [0.25, 0.3) is 5.56 Å². The summed E-state index contributed by atoms with van der Waals surface area (Å²) < 4.78 is 1.52. The van der Waals surface area contributed by atoms with E-state index in [4.69, 9.17) is 0 Å². The summed E-state index contributed by atoms with van der Waals surface area (Å²) in [6.07, 6.45) is 12.2. The van der Waals surface area contributed by atoms with Crippen molar-refractivity contribution in [2.75, 3.05) is 0 Å². The van der Waals surface area contributed by atoms with E-state index in [1.54, 1.807) is 17.7 Å². The number of fused-ring (bicyclic) bond motifs is 3. The molecule has 0 saturated heterocycles. The number of aromatic nitrogens is 2. The molecule has 0 aliphatic heterocycles. The maximum atomic E-state index is 13.0. The van der Waals surface area contributed by atoms with Crippen LogP contribution in [0, 0.1) is 17.8 Å². The molecule has 4 fully saturated rings. The molecule has 7 rings (SSSR count). The van der Waals surface area contributed by atoms with E-state index in [2.05, 4.69) is 10.3 Å². The first-order valence-corrected chi connectivity index (χ1v) is 11.2. The van der Waals surface area contributed by atoms with E-state index >= 15 is 0 Å². The van der Waals surface area contributed by atoms with Crippen LogP contribution in [0.3, 0.4) is 0 Å².